The van der Waals surface area contributed by atoms with E-state index in [9.17, 15) is 0 Å². The topological polar surface area (TPSA) is 54.5 Å². The van der Waals surface area contributed by atoms with E-state index in [1.807, 2.05) is 12.1 Å². The number of hydrogen-bond acceptors (Lipinski definition) is 3. The number of para-hydroxylation sites is 1. The summed E-state index contributed by atoms with van der Waals surface area (Å²) in [5, 5.41) is 13.9. The molecule has 90 valence electrons. The maximum Gasteiger partial charge on any atom is 0.0964 e. The van der Waals surface area contributed by atoms with E-state index in [-0.39, 0.29) is 0 Å². The second kappa shape index (κ2) is 3.88. The van der Waals surface area contributed by atoms with Gasteiger partial charge in [0.1, 0.15) is 0 Å². The zero-order chi connectivity index (χ0) is 12.7. The fraction of sp³-hybridized carbons (Fsp3) is 0. The van der Waals surface area contributed by atoms with Crippen molar-refractivity contribution in [2.75, 3.05) is 0 Å². The third-order valence-electron chi connectivity index (χ3n) is 3.31. The van der Waals surface area contributed by atoms with Crippen LogP contribution in [0.15, 0.2) is 54.7 Å². The van der Waals surface area contributed by atoms with Crippen LogP contribution in [0.1, 0.15) is 0 Å². The molecule has 0 aliphatic rings. The van der Waals surface area contributed by atoms with Gasteiger partial charge in [0.05, 0.1) is 11.9 Å². The Morgan fingerprint density at radius 3 is 2.63 bits per heavy atom. The number of aromatic nitrogens is 4. The number of H-pyrrole nitrogens is 1. The summed E-state index contributed by atoms with van der Waals surface area (Å²) in [7, 11) is 0. The number of fused-ring (bicyclic) bond motifs is 3. The predicted molar refractivity (Wildman–Crippen MR) is 74.6 cm³/mol. The van der Waals surface area contributed by atoms with Crippen molar-refractivity contribution >= 4 is 21.8 Å². The highest BCUT2D eigenvalue weighted by molar-refractivity contribution is 6.08. The van der Waals surface area contributed by atoms with Crippen LogP contribution in [0.4, 0.5) is 0 Å². The van der Waals surface area contributed by atoms with Gasteiger partial charge in [0.2, 0.25) is 0 Å². The lowest BCUT2D eigenvalue weighted by Gasteiger charge is -1.99. The van der Waals surface area contributed by atoms with E-state index in [2.05, 4.69) is 56.8 Å². The van der Waals surface area contributed by atoms with Gasteiger partial charge in [-0.2, -0.15) is 0 Å². The lowest BCUT2D eigenvalue weighted by atomic mass is 10.1. The normalized spacial score (nSPS) is 11.2. The van der Waals surface area contributed by atoms with E-state index in [0.29, 0.717) is 0 Å². The van der Waals surface area contributed by atoms with E-state index < -0.39 is 0 Å². The number of aromatic amines is 1. The maximum absolute atomic E-state index is 4.03. The summed E-state index contributed by atoms with van der Waals surface area (Å²) in [6.07, 6.45) is 1.65. The second-order valence-corrected chi connectivity index (χ2v) is 4.44. The molecule has 19 heavy (non-hydrogen) atoms. The Hall–Kier alpha value is -2.75. The molecule has 0 aliphatic carbocycles. The summed E-state index contributed by atoms with van der Waals surface area (Å²) < 4.78 is 0. The van der Waals surface area contributed by atoms with E-state index in [4.69, 9.17) is 0 Å². The monoisotopic (exact) mass is 246 g/mol. The largest absolute Gasteiger partial charge is 0.354 e. The SMILES string of the molecule is c1ccc2c(c1)[nH]c1cc(-c3ccnnn3)ccc12. The van der Waals surface area contributed by atoms with Crippen molar-refractivity contribution in [2.24, 2.45) is 0 Å². The van der Waals surface area contributed by atoms with Gasteiger partial charge >= 0.3 is 0 Å². The Labute approximate surface area is 109 Å². The molecule has 2 aromatic carbocycles. The van der Waals surface area contributed by atoms with Crippen molar-refractivity contribution in [1.29, 1.82) is 0 Å². The van der Waals surface area contributed by atoms with Crippen molar-refractivity contribution in [3.05, 3.63) is 54.7 Å². The first-order valence-electron chi connectivity index (χ1n) is 6.07. The van der Waals surface area contributed by atoms with Crippen LogP contribution in [0.3, 0.4) is 0 Å². The molecule has 4 nitrogen and oxygen atoms in total. The Balaban J connectivity index is 1.99. The van der Waals surface area contributed by atoms with E-state index in [0.717, 1.165) is 22.3 Å². The predicted octanol–water partition coefficient (Wildman–Crippen LogP) is 3.17. The van der Waals surface area contributed by atoms with Crippen LogP contribution >= 0.6 is 0 Å². The molecule has 4 rings (SSSR count). The molecule has 0 atom stereocenters. The molecular formula is C15H10N4. The van der Waals surface area contributed by atoms with Crippen molar-refractivity contribution in [1.82, 2.24) is 20.4 Å². The van der Waals surface area contributed by atoms with Crippen molar-refractivity contribution < 1.29 is 0 Å². The lowest BCUT2D eigenvalue weighted by molar-refractivity contribution is 0.871. The Morgan fingerprint density at radius 2 is 1.74 bits per heavy atom. The van der Waals surface area contributed by atoms with Crippen LogP contribution in [0.2, 0.25) is 0 Å². The Bertz CT molecular complexity index is 865. The number of hydrogen-bond donors (Lipinski definition) is 1. The minimum atomic E-state index is 0.829. The average Bonchev–Trinajstić information content (AvgIpc) is 2.86. The first-order valence-corrected chi connectivity index (χ1v) is 6.07. The molecule has 0 aliphatic heterocycles. The fourth-order valence-corrected chi connectivity index (χ4v) is 2.41. The maximum atomic E-state index is 4.03. The molecule has 0 amide bonds. The number of rotatable bonds is 1. The molecule has 4 aromatic rings. The molecule has 0 bridgehead atoms. The van der Waals surface area contributed by atoms with Crippen LogP contribution in [0.5, 0.6) is 0 Å². The Kier molecular flexibility index (Phi) is 2.08. The van der Waals surface area contributed by atoms with E-state index in [1.165, 1.54) is 10.8 Å². The highest BCUT2D eigenvalue weighted by Crippen LogP contribution is 2.28. The zero-order valence-corrected chi connectivity index (χ0v) is 10.0. The summed E-state index contributed by atoms with van der Waals surface area (Å²) in [5.41, 5.74) is 4.12. The van der Waals surface area contributed by atoms with Gasteiger partial charge in [0.15, 0.2) is 0 Å². The minimum Gasteiger partial charge on any atom is -0.354 e. The Morgan fingerprint density at radius 1 is 0.842 bits per heavy atom. The first-order chi connectivity index (χ1) is 9.42. The van der Waals surface area contributed by atoms with Gasteiger partial charge in [-0.15, -0.1) is 10.2 Å². The molecule has 0 saturated carbocycles. The van der Waals surface area contributed by atoms with Crippen LogP contribution < -0.4 is 0 Å². The van der Waals surface area contributed by atoms with Gasteiger partial charge in [0.25, 0.3) is 0 Å². The van der Waals surface area contributed by atoms with Gasteiger partial charge < -0.3 is 4.98 Å². The first kappa shape index (κ1) is 10.2. The summed E-state index contributed by atoms with van der Waals surface area (Å²) in [5.74, 6) is 0. The molecule has 1 N–H and O–H groups in total. The van der Waals surface area contributed by atoms with Crippen LogP contribution in [-0.4, -0.2) is 20.4 Å². The highest BCUT2D eigenvalue weighted by Gasteiger charge is 2.06. The molecule has 2 aromatic heterocycles. The van der Waals surface area contributed by atoms with Gasteiger partial charge in [-0.05, 0) is 23.4 Å². The zero-order valence-electron chi connectivity index (χ0n) is 10.0. The molecule has 0 radical (unpaired) electrons. The second-order valence-electron chi connectivity index (χ2n) is 4.44. The van der Waals surface area contributed by atoms with Gasteiger partial charge in [-0.1, -0.05) is 30.3 Å². The van der Waals surface area contributed by atoms with Crippen LogP contribution in [-0.2, 0) is 0 Å². The van der Waals surface area contributed by atoms with Gasteiger partial charge in [0, 0.05) is 27.4 Å². The number of nitrogens with zero attached hydrogens (tertiary/aromatic N) is 3. The van der Waals surface area contributed by atoms with E-state index >= 15 is 0 Å². The molecule has 2 heterocycles. The summed E-state index contributed by atoms with van der Waals surface area (Å²) in [6, 6.07) is 16.4. The smallest absolute Gasteiger partial charge is 0.0964 e. The number of benzene rings is 2. The third kappa shape index (κ3) is 1.57. The average molecular weight is 246 g/mol. The lowest BCUT2D eigenvalue weighted by Crippen LogP contribution is -1.88. The number of nitrogens with one attached hydrogen (secondary N) is 1. The summed E-state index contributed by atoms with van der Waals surface area (Å²) in [4.78, 5) is 3.42. The minimum absolute atomic E-state index is 0.829. The van der Waals surface area contributed by atoms with E-state index in [1.54, 1.807) is 6.20 Å². The molecule has 0 unspecified atom stereocenters. The van der Waals surface area contributed by atoms with Crippen LogP contribution in [0, 0.1) is 0 Å². The standard InChI is InChI=1S/C15H10N4/c1-2-4-14-11(3-1)12-6-5-10(9-15(12)17-14)13-7-8-16-19-18-13/h1-9,17H. The molecule has 0 spiro atoms. The molecular weight excluding hydrogens is 236 g/mol. The third-order valence-corrected chi connectivity index (χ3v) is 3.31. The van der Waals surface area contributed by atoms with Crippen LogP contribution in [0.25, 0.3) is 33.1 Å². The fourth-order valence-electron chi connectivity index (χ4n) is 2.41. The van der Waals surface area contributed by atoms with Crippen molar-refractivity contribution in [2.45, 2.75) is 0 Å². The van der Waals surface area contributed by atoms with Crippen molar-refractivity contribution in [3.63, 3.8) is 0 Å². The van der Waals surface area contributed by atoms with Crippen molar-refractivity contribution in [3.8, 4) is 11.3 Å². The van der Waals surface area contributed by atoms with Gasteiger partial charge in [-0.3, -0.25) is 0 Å². The quantitative estimate of drug-likeness (QED) is 0.561. The molecule has 0 saturated heterocycles. The van der Waals surface area contributed by atoms with Gasteiger partial charge in [-0.25, -0.2) is 0 Å². The highest BCUT2D eigenvalue weighted by atomic mass is 15.3. The molecule has 4 heteroatoms. The summed E-state index contributed by atoms with van der Waals surface area (Å²) in [6.45, 7) is 0. The molecule has 0 fully saturated rings. The summed E-state index contributed by atoms with van der Waals surface area (Å²) >= 11 is 0.